The van der Waals surface area contributed by atoms with Gasteiger partial charge in [-0.05, 0) is 36.4 Å². The molecule has 4 rings (SSSR count). The molecule has 2 saturated heterocycles. The number of halogens is 1. The van der Waals surface area contributed by atoms with Crippen molar-refractivity contribution in [1.82, 2.24) is 10.3 Å². The van der Waals surface area contributed by atoms with Crippen molar-refractivity contribution in [2.45, 2.75) is 6.10 Å². The van der Waals surface area contributed by atoms with E-state index in [9.17, 15) is 14.4 Å². The van der Waals surface area contributed by atoms with Crippen LogP contribution >= 0.6 is 11.6 Å². The highest BCUT2D eigenvalue weighted by Crippen LogP contribution is 2.25. The van der Waals surface area contributed by atoms with Crippen LogP contribution in [0.4, 0.5) is 16.2 Å². The van der Waals surface area contributed by atoms with Crippen LogP contribution in [0.3, 0.4) is 0 Å². The number of carbonyl (C=O) groups is 3. The number of hydrogen-bond donors (Lipinski definition) is 1. The van der Waals surface area contributed by atoms with Crippen LogP contribution in [0.5, 0.6) is 0 Å². The van der Waals surface area contributed by atoms with Crippen LogP contribution in [0.2, 0.25) is 5.15 Å². The van der Waals surface area contributed by atoms with Crippen LogP contribution in [0, 0.1) is 0 Å². The minimum atomic E-state index is -0.488. The van der Waals surface area contributed by atoms with Gasteiger partial charge in [0.2, 0.25) is 0 Å². The first kappa shape index (κ1) is 20.1. The molecule has 1 aromatic carbocycles. The number of benzene rings is 1. The fourth-order valence-corrected chi connectivity index (χ4v) is 3.37. The summed E-state index contributed by atoms with van der Waals surface area (Å²) in [5.74, 6) is -0.422. The average molecular weight is 431 g/mol. The van der Waals surface area contributed by atoms with Crippen molar-refractivity contribution in [3.05, 3.63) is 53.3 Å². The van der Waals surface area contributed by atoms with Crippen molar-refractivity contribution in [2.24, 2.45) is 0 Å². The number of carbonyl (C=O) groups excluding carboxylic acids is 3. The number of nitrogens with zero attached hydrogens (tertiary/aromatic N) is 3. The molecule has 0 spiro atoms. The maximum Gasteiger partial charge on any atom is 0.414 e. The second kappa shape index (κ2) is 8.68. The minimum absolute atomic E-state index is 0.0691. The molecular weight excluding hydrogens is 412 g/mol. The minimum Gasteiger partial charge on any atom is -0.442 e. The van der Waals surface area contributed by atoms with Crippen LogP contribution in [-0.4, -0.2) is 61.8 Å². The Hall–Kier alpha value is -3.17. The van der Waals surface area contributed by atoms with E-state index in [-0.39, 0.29) is 25.0 Å². The number of morpholine rings is 1. The summed E-state index contributed by atoms with van der Waals surface area (Å²) < 4.78 is 10.5. The summed E-state index contributed by atoms with van der Waals surface area (Å²) in [6, 6.07) is 10.2. The summed E-state index contributed by atoms with van der Waals surface area (Å²) in [5, 5.41) is 3.03. The van der Waals surface area contributed by atoms with Crippen LogP contribution < -0.4 is 15.1 Å². The average Bonchev–Trinajstić information content (AvgIpc) is 3.13. The summed E-state index contributed by atoms with van der Waals surface area (Å²) in [6.45, 7) is 1.53. The Balaban J connectivity index is 1.34. The molecule has 2 fully saturated rings. The lowest BCUT2D eigenvalue weighted by molar-refractivity contribution is -0.125. The summed E-state index contributed by atoms with van der Waals surface area (Å²) in [4.78, 5) is 43.4. The Morgan fingerprint density at radius 2 is 1.87 bits per heavy atom. The zero-order valence-corrected chi connectivity index (χ0v) is 16.7. The van der Waals surface area contributed by atoms with Gasteiger partial charge in [-0.3, -0.25) is 14.5 Å². The standard InChI is InChI=1S/C20H19ClN4O5/c21-17-6-1-13(9-22-17)19(27)23-10-16-11-25(20(28)30-16)15-4-2-14(3-5-15)24-7-8-29-12-18(24)26/h1-6,9,16H,7-8,10-12H2,(H,23,27)/t16-/m0/s1. The molecule has 0 saturated carbocycles. The van der Waals surface area contributed by atoms with Gasteiger partial charge in [-0.15, -0.1) is 0 Å². The highest BCUT2D eigenvalue weighted by atomic mass is 35.5. The molecule has 2 aliphatic heterocycles. The van der Waals surface area contributed by atoms with Crippen molar-refractivity contribution < 1.29 is 23.9 Å². The third-order valence-electron chi connectivity index (χ3n) is 4.81. The van der Waals surface area contributed by atoms with Crippen LogP contribution in [0.1, 0.15) is 10.4 Å². The number of pyridine rings is 1. The molecule has 3 amide bonds. The van der Waals surface area contributed by atoms with Gasteiger partial charge in [0, 0.05) is 24.1 Å². The maximum absolute atomic E-state index is 12.3. The first-order chi connectivity index (χ1) is 14.5. The van der Waals surface area contributed by atoms with Crippen LogP contribution in [-0.2, 0) is 14.3 Å². The lowest BCUT2D eigenvalue weighted by Crippen LogP contribution is -2.41. The molecule has 156 valence electrons. The first-order valence-electron chi connectivity index (χ1n) is 9.37. The third-order valence-corrected chi connectivity index (χ3v) is 5.04. The molecule has 0 radical (unpaired) electrons. The fraction of sp³-hybridized carbons (Fsp3) is 0.300. The number of nitrogens with one attached hydrogen (secondary N) is 1. The van der Waals surface area contributed by atoms with Gasteiger partial charge in [0.05, 0.1) is 25.3 Å². The van der Waals surface area contributed by atoms with Crippen molar-refractivity contribution in [1.29, 1.82) is 0 Å². The summed E-state index contributed by atoms with van der Waals surface area (Å²) in [6.07, 6.45) is 0.408. The largest absolute Gasteiger partial charge is 0.442 e. The number of ether oxygens (including phenoxy) is 2. The van der Waals surface area contributed by atoms with Gasteiger partial charge in [-0.1, -0.05) is 11.6 Å². The highest BCUT2D eigenvalue weighted by Gasteiger charge is 2.32. The van der Waals surface area contributed by atoms with E-state index >= 15 is 0 Å². The zero-order valence-electron chi connectivity index (χ0n) is 15.9. The van der Waals surface area contributed by atoms with Gasteiger partial charge in [0.15, 0.2) is 0 Å². The molecular formula is C20H19ClN4O5. The lowest BCUT2D eigenvalue weighted by atomic mass is 10.2. The van der Waals surface area contributed by atoms with Crippen molar-refractivity contribution in [3.8, 4) is 0 Å². The molecule has 9 nitrogen and oxygen atoms in total. The second-order valence-electron chi connectivity index (χ2n) is 6.81. The topological polar surface area (TPSA) is 101 Å². The Labute approximate surface area is 177 Å². The number of hydrogen-bond acceptors (Lipinski definition) is 6. The zero-order chi connectivity index (χ0) is 21.1. The van der Waals surface area contributed by atoms with Crippen molar-refractivity contribution in [3.63, 3.8) is 0 Å². The molecule has 10 heteroatoms. The van der Waals surface area contributed by atoms with E-state index in [4.69, 9.17) is 21.1 Å². The maximum atomic E-state index is 12.3. The third kappa shape index (κ3) is 4.37. The number of anilines is 2. The molecule has 1 aromatic heterocycles. The highest BCUT2D eigenvalue weighted by molar-refractivity contribution is 6.29. The Morgan fingerprint density at radius 1 is 1.13 bits per heavy atom. The quantitative estimate of drug-likeness (QED) is 0.726. The first-order valence-corrected chi connectivity index (χ1v) is 9.75. The van der Waals surface area contributed by atoms with Gasteiger partial charge >= 0.3 is 6.09 Å². The van der Waals surface area contributed by atoms with E-state index in [1.54, 1.807) is 35.2 Å². The van der Waals surface area contributed by atoms with E-state index in [0.717, 1.165) is 5.69 Å². The van der Waals surface area contributed by atoms with Gasteiger partial charge < -0.3 is 19.7 Å². The predicted molar refractivity (Wildman–Crippen MR) is 109 cm³/mol. The molecule has 2 aliphatic rings. The molecule has 0 aliphatic carbocycles. The second-order valence-corrected chi connectivity index (χ2v) is 7.20. The summed E-state index contributed by atoms with van der Waals surface area (Å²) in [7, 11) is 0. The van der Waals surface area contributed by atoms with E-state index in [0.29, 0.717) is 36.1 Å². The molecule has 0 unspecified atom stereocenters. The van der Waals surface area contributed by atoms with Crippen molar-refractivity contribution in [2.75, 3.05) is 42.6 Å². The Kier molecular flexibility index (Phi) is 5.82. The lowest BCUT2D eigenvalue weighted by Gasteiger charge is -2.27. The fourth-order valence-electron chi connectivity index (χ4n) is 3.26. The molecule has 0 bridgehead atoms. The summed E-state index contributed by atoms with van der Waals surface area (Å²) in [5.41, 5.74) is 1.77. The smallest absolute Gasteiger partial charge is 0.414 e. The number of amides is 3. The molecule has 30 heavy (non-hydrogen) atoms. The Bertz CT molecular complexity index is 951. The number of rotatable bonds is 5. The molecule has 3 heterocycles. The number of cyclic esters (lactones) is 1. The van der Waals surface area contributed by atoms with E-state index in [1.165, 1.54) is 17.2 Å². The van der Waals surface area contributed by atoms with E-state index in [1.807, 2.05) is 0 Å². The van der Waals surface area contributed by atoms with Crippen LogP contribution in [0.25, 0.3) is 0 Å². The molecule has 2 aromatic rings. The van der Waals surface area contributed by atoms with Crippen molar-refractivity contribution >= 4 is 40.9 Å². The van der Waals surface area contributed by atoms with Gasteiger partial charge in [-0.2, -0.15) is 0 Å². The molecule has 1 N–H and O–H groups in total. The SMILES string of the molecule is O=C(NC[C@H]1CN(c2ccc(N3CCOCC3=O)cc2)C(=O)O1)c1ccc(Cl)nc1. The van der Waals surface area contributed by atoms with Gasteiger partial charge in [0.1, 0.15) is 17.9 Å². The number of aromatic nitrogens is 1. The van der Waals surface area contributed by atoms with E-state index < -0.39 is 12.2 Å². The van der Waals surface area contributed by atoms with Crippen LogP contribution in [0.15, 0.2) is 42.6 Å². The predicted octanol–water partition coefficient (Wildman–Crippen LogP) is 1.85. The molecule has 1 atom stereocenters. The van der Waals surface area contributed by atoms with Gasteiger partial charge in [-0.25, -0.2) is 9.78 Å². The Morgan fingerprint density at radius 3 is 2.53 bits per heavy atom. The normalized spacial score (nSPS) is 19.0. The van der Waals surface area contributed by atoms with E-state index in [2.05, 4.69) is 10.3 Å². The monoisotopic (exact) mass is 430 g/mol. The summed E-state index contributed by atoms with van der Waals surface area (Å²) >= 11 is 5.72. The van der Waals surface area contributed by atoms with Gasteiger partial charge in [0.25, 0.3) is 11.8 Å².